The van der Waals surface area contributed by atoms with E-state index in [0.717, 1.165) is 25.4 Å². The summed E-state index contributed by atoms with van der Waals surface area (Å²) in [5.74, 6) is 2.30. The van der Waals surface area contributed by atoms with Gasteiger partial charge in [-0.2, -0.15) is 0 Å². The first-order valence-electron chi connectivity index (χ1n) is 7.99. The Morgan fingerprint density at radius 2 is 2.10 bits per heavy atom. The van der Waals surface area contributed by atoms with Crippen molar-refractivity contribution in [2.75, 3.05) is 19.7 Å². The normalized spacial score (nSPS) is 20.6. The molecular weight excluding hydrogens is 246 g/mol. The van der Waals surface area contributed by atoms with Gasteiger partial charge in [0.15, 0.2) is 0 Å². The average molecular weight is 275 g/mol. The lowest BCUT2D eigenvalue weighted by Gasteiger charge is -2.36. The standard InChI is InChI=1S/C18H29NO/c1-5-10-19-13-18(4,14(2)3)11-15-12-20-17-9-7-6-8-16(15)17/h6-9,14-15,19H,5,10-13H2,1-4H3. The SMILES string of the molecule is CCCNCC(C)(CC1COc2ccccc21)C(C)C. The van der Waals surface area contributed by atoms with Crippen molar-refractivity contribution in [3.8, 4) is 5.75 Å². The number of hydrogen-bond donors (Lipinski definition) is 1. The number of para-hydroxylation sites is 1. The summed E-state index contributed by atoms with van der Waals surface area (Å²) in [5.41, 5.74) is 1.72. The Hall–Kier alpha value is -1.02. The predicted octanol–water partition coefficient (Wildman–Crippen LogP) is 4.21. The van der Waals surface area contributed by atoms with Crippen LogP contribution in [-0.4, -0.2) is 19.7 Å². The Morgan fingerprint density at radius 3 is 2.80 bits per heavy atom. The molecule has 0 amide bonds. The number of benzene rings is 1. The summed E-state index contributed by atoms with van der Waals surface area (Å²) < 4.78 is 5.84. The molecule has 112 valence electrons. The van der Waals surface area contributed by atoms with E-state index in [1.165, 1.54) is 18.4 Å². The van der Waals surface area contributed by atoms with Gasteiger partial charge in [-0.1, -0.05) is 45.9 Å². The van der Waals surface area contributed by atoms with Crippen molar-refractivity contribution >= 4 is 0 Å². The fourth-order valence-corrected chi connectivity index (χ4v) is 3.02. The highest BCUT2D eigenvalue weighted by atomic mass is 16.5. The molecule has 0 bridgehead atoms. The molecule has 1 N–H and O–H groups in total. The van der Waals surface area contributed by atoms with Crippen LogP contribution < -0.4 is 10.1 Å². The molecule has 0 saturated carbocycles. The zero-order chi connectivity index (χ0) is 14.6. The van der Waals surface area contributed by atoms with E-state index >= 15 is 0 Å². The summed E-state index contributed by atoms with van der Waals surface area (Å²) in [4.78, 5) is 0. The molecule has 0 fully saturated rings. The molecule has 1 aromatic rings. The molecule has 2 unspecified atom stereocenters. The molecule has 0 saturated heterocycles. The van der Waals surface area contributed by atoms with Crippen LogP contribution in [0.4, 0.5) is 0 Å². The third-order valence-corrected chi connectivity index (χ3v) is 4.86. The molecule has 1 aliphatic rings. The quantitative estimate of drug-likeness (QED) is 0.752. The zero-order valence-electron chi connectivity index (χ0n) is 13.4. The molecule has 0 radical (unpaired) electrons. The van der Waals surface area contributed by atoms with Crippen molar-refractivity contribution in [1.29, 1.82) is 0 Å². The van der Waals surface area contributed by atoms with Crippen molar-refractivity contribution in [2.24, 2.45) is 11.3 Å². The molecule has 0 aliphatic carbocycles. The molecule has 2 rings (SSSR count). The molecule has 1 heterocycles. The minimum Gasteiger partial charge on any atom is -0.493 e. The summed E-state index contributed by atoms with van der Waals surface area (Å²) in [5, 5.41) is 3.61. The van der Waals surface area contributed by atoms with E-state index < -0.39 is 0 Å². The van der Waals surface area contributed by atoms with Crippen LogP contribution in [0.25, 0.3) is 0 Å². The number of nitrogens with one attached hydrogen (secondary N) is 1. The average Bonchev–Trinajstić information content (AvgIpc) is 2.82. The van der Waals surface area contributed by atoms with Crippen LogP contribution in [0.3, 0.4) is 0 Å². The van der Waals surface area contributed by atoms with Gasteiger partial charge in [-0.05, 0) is 36.8 Å². The summed E-state index contributed by atoms with van der Waals surface area (Å²) in [7, 11) is 0. The number of fused-ring (bicyclic) bond motifs is 1. The highest BCUT2D eigenvalue weighted by Crippen LogP contribution is 2.43. The molecule has 1 aliphatic heterocycles. The molecule has 1 aromatic carbocycles. The van der Waals surface area contributed by atoms with Gasteiger partial charge >= 0.3 is 0 Å². The summed E-state index contributed by atoms with van der Waals surface area (Å²) >= 11 is 0. The van der Waals surface area contributed by atoms with Gasteiger partial charge in [0.1, 0.15) is 5.75 Å². The van der Waals surface area contributed by atoms with Crippen molar-refractivity contribution in [2.45, 2.75) is 46.5 Å². The van der Waals surface area contributed by atoms with Crippen molar-refractivity contribution < 1.29 is 4.74 Å². The van der Waals surface area contributed by atoms with Gasteiger partial charge in [0.2, 0.25) is 0 Å². The minimum atomic E-state index is 0.320. The second kappa shape index (κ2) is 6.62. The van der Waals surface area contributed by atoms with Gasteiger partial charge in [-0.3, -0.25) is 0 Å². The van der Waals surface area contributed by atoms with Crippen molar-refractivity contribution in [3.05, 3.63) is 29.8 Å². The topological polar surface area (TPSA) is 21.3 Å². The molecule has 20 heavy (non-hydrogen) atoms. The van der Waals surface area contributed by atoms with Gasteiger partial charge in [0, 0.05) is 18.0 Å². The monoisotopic (exact) mass is 275 g/mol. The number of ether oxygens (including phenoxy) is 1. The smallest absolute Gasteiger partial charge is 0.122 e. The number of rotatable bonds is 7. The summed E-state index contributed by atoms with van der Waals surface area (Å²) in [6.45, 7) is 12.4. The van der Waals surface area contributed by atoms with Gasteiger partial charge < -0.3 is 10.1 Å². The van der Waals surface area contributed by atoms with Crippen LogP contribution in [0.15, 0.2) is 24.3 Å². The van der Waals surface area contributed by atoms with Crippen LogP contribution in [0.2, 0.25) is 0 Å². The first-order chi connectivity index (χ1) is 9.57. The molecular formula is C18H29NO. The number of hydrogen-bond acceptors (Lipinski definition) is 2. The van der Waals surface area contributed by atoms with E-state index in [-0.39, 0.29) is 0 Å². The largest absolute Gasteiger partial charge is 0.493 e. The van der Waals surface area contributed by atoms with E-state index in [4.69, 9.17) is 4.74 Å². The zero-order valence-corrected chi connectivity index (χ0v) is 13.4. The molecule has 0 aromatic heterocycles. The van der Waals surface area contributed by atoms with Gasteiger partial charge in [-0.25, -0.2) is 0 Å². The Bertz CT molecular complexity index is 429. The van der Waals surface area contributed by atoms with Crippen molar-refractivity contribution in [3.63, 3.8) is 0 Å². The van der Waals surface area contributed by atoms with E-state index in [2.05, 4.69) is 57.3 Å². The Balaban J connectivity index is 2.06. The summed E-state index contributed by atoms with van der Waals surface area (Å²) in [6, 6.07) is 8.51. The summed E-state index contributed by atoms with van der Waals surface area (Å²) in [6.07, 6.45) is 2.39. The molecule has 2 atom stereocenters. The maximum absolute atomic E-state index is 5.84. The lowest BCUT2D eigenvalue weighted by atomic mass is 9.71. The maximum Gasteiger partial charge on any atom is 0.122 e. The van der Waals surface area contributed by atoms with E-state index in [1.54, 1.807) is 0 Å². The predicted molar refractivity (Wildman–Crippen MR) is 85.4 cm³/mol. The Kier molecular flexibility index (Phi) is 5.09. The minimum absolute atomic E-state index is 0.320. The lowest BCUT2D eigenvalue weighted by Crippen LogP contribution is -2.38. The second-order valence-corrected chi connectivity index (χ2v) is 6.74. The highest BCUT2D eigenvalue weighted by molar-refractivity contribution is 5.39. The van der Waals surface area contributed by atoms with Crippen LogP contribution in [0.5, 0.6) is 5.75 Å². The van der Waals surface area contributed by atoms with Gasteiger partial charge in [0.25, 0.3) is 0 Å². The molecule has 0 spiro atoms. The van der Waals surface area contributed by atoms with Crippen LogP contribution in [-0.2, 0) is 0 Å². The Labute approximate surface area is 123 Å². The Morgan fingerprint density at radius 1 is 1.35 bits per heavy atom. The van der Waals surface area contributed by atoms with Gasteiger partial charge in [-0.15, -0.1) is 0 Å². The third kappa shape index (κ3) is 3.35. The lowest BCUT2D eigenvalue weighted by molar-refractivity contribution is 0.166. The highest BCUT2D eigenvalue weighted by Gasteiger charge is 2.35. The van der Waals surface area contributed by atoms with Crippen LogP contribution in [0.1, 0.15) is 52.0 Å². The van der Waals surface area contributed by atoms with E-state index in [0.29, 0.717) is 17.3 Å². The molecule has 2 heteroatoms. The second-order valence-electron chi connectivity index (χ2n) is 6.74. The van der Waals surface area contributed by atoms with Crippen LogP contribution >= 0.6 is 0 Å². The third-order valence-electron chi connectivity index (χ3n) is 4.86. The molecule has 2 nitrogen and oxygen atoms in total. The van der Waals surface area contributed by atoms with Gasteiger partial charge in [0.05, 0.1) is 6.61 Å². The fourth-order valence-electron chi connectivity index (χ4n) is 3.02. The fraction of sp³-hybridized carbons (Fsp3) is 0.667. The van der Waals surface area contributed by atoms with E-state index in [9.17, 15) is 0 Å². The van der Waals surface area contributed by atoms with Crippen LogP contribution in [0, 0.1) is 11.3 Å². The van der Waals surface area contributed by atoms with E-state index in [1.807, 2.05) is 0 Å². The maximum atomic E-state index is 5.84. The van der Waals surface area contributed by atoms with Crippen molar-refractivity contribution in [1.82, 2.24) is 5.32 Å². The first kappa shape index (κ1) is 15.4. The first-order valence-corrected chi connectivity index (χ1v) is 7.99.